The van der Waals surface area contributed by atoms with Crippen LogP contribution in [0.25, 0.3) is 10.6 Å². The van der Waals surface area contributed by atoms with E-state index >= 15 is 0 Å². The van der Waals surface area contributed by atoms with Crippen molar-refractivity contribution in [1.29, 1.82) is 0 Å². The summed E-state index contributed by atoms with van der Waals surface area (Å²) in [7, 11) is 1.52. The van der Waals surface area contributed by atoms with Crippen LogP contribution in [0.1, 0.15) is 29.2 Å². The summed E-state index contributed by atoms with van der Waals surface area (Å²) in [5, 5.41) is 9.86. The Bertz CT molecular complexity index is 636. The number of aromatic nitrogens is 1. The Balaban J connectivity index is 2.37. The van der Waals surface area contributed by atoms with Crippen LogP contribution in [0, 0.1) is 0 Å². The summed E-state index contributed by atoms with van der Waals surface area (Å²) in [5.41, 5.74) is 1.28. The highest BCUT2D eigenvalue weighted by atomic mass is 32.1. The lowest BCUT2D eigenvalue weighted by Crippen LogP contribution is -2.05. The van der Waals surface area contributed by atoms with E-state index in [1.54, 1.807) is 0 Å². The zero-order valence-electron chi connectivity index (χ0n) is 12.1. The summed E-state index contributed by atoms with van der Waals surface area (Å²) in [6.07, 6.45) is 0.0789. The minimum absolute atomic E-state index is 0.0789. The lowest BCUT2D eigenvalue weighted by Gasteiger charge is -2.09. The average molecular weight is 307 g/mol. The number of nitrogens with zero attached hydrogens (tertiary/aromatic N) is 1. The molecule has 0 amide bonds. The Labute approximate surface area is 127 Å². The molecule has 0 aliphatic carbocycles. The van der Waals surface area contributed by atoms with Crippen molar-refractivity contribution in [3.05, 3.63) is 34.8 Å². The van der Waals surface area contributed by atoms with Crippen LogP contribution in [0.2, 0.25) is 0 Å². The molecule has 0 radical (unpaired) electrons. The molecule has 0 aliphatic heterocycles. The molecule has 0 fully saturated rings. The maximum atomic E-state index is 11.2. The Hall–Kier alpha value is -1.92. The van der Waals surface area contributed by atoms with Gasteiger partial charge >= 0.3 is 5.97 Å². The van der Waals surface area contributed by atoms with Crippen molar-refractivity contribution in [2.24, 2.45) is 0 Å². The van der Waals surface area contributed by atoms with Gasteiger partial charge in [-0.3, -0.25) is 0 Å². The van der Waals surface area contributed by atoms with Crippen molar-refractivity contribution < 1.29 is 19.4 Å². The number of hydrogen-bond acceptors (Lipinski definition) is 5. The van der Waals surface area contributed by atoms with Crippen LogP contribution < -0.4 is 4.74 Å². The molecule has 1 aromatic carbocycles. The van der Waals surface area contributed by atoms with Gasteiger partial charge in [-0.25, -0.2) is 9.78 Å². The highest BCUT2D eigenvalue weighted by Gasteiger charge is 2.18. The number of benzene rings is 1. The highest BCUT2D eigenvalue weighted by Crippen LogP contribution is 2.31. The molecule has 2 aromatic rings. The quantitative estimate of drug-likeness (QED) is 0.885. The van der Waals surface area contributed by atoms with E-state index in [0.29, 0.717) is 10.7 Å². The molecule has 0 atom stereocenters. The first-order valence-electron chi connectivity index (χ1n) is 6.50. The first kappa shape index (κ1) is 15.5. The Kier molecular flexibility index (Phi) is 4.93. The fourth-order valence-corrected chi connectivity index (χ4v) is 2.76. The number of methoxy groups -OCH3 is 1. The number of hydrogen-bond donors (Lipinski definition) is 1. The predicted molar refractivity (Wildman–Crippen MR) is 81.0 cm³/mol. The lowest BCUT2D eigenvalue weighted by molar-refractivity contribution is 0.0697. The second-order valence-corrected chi connectivity index (χ2v) is 5.73. The molecule has 0 unspecified atom stereocenters. The van der Waals surface area contributed by atoms with Gasteiger partial charge in [0.05, 0.1) is 18.4 Å². The van der Waals surface area contributed by atoms with Crippen LogP contribution in [0.3, 0.4) is 0 Å². The summed E-state index contributed by atoms with van der Waals surface area (Å²) in [6.45, 7) is 4.09. The zero-order valence-corrected chi connectivity index (χ0v) is 12.9. The summed E-state index contributed by atoms with van der Waals surface area (Å²) < 4.78 is 10.6. The third-order valence-electron chi connectivity index (χ3n) is 2.63. The standard InChI is InChI=1S/C15H17NO4S/c1-9(2)20-11-6-4-5-10(7-11)14-16-12(8-19-3)13(21-14)15(17)18/h4-7,9H,8H2,1-3H3,(H,17,18). The molecule has 5 nitrogen and oxygen atoms in total. The van der Waals surface area contributed by atoms with Gasteiger partial charge in [-0.15, -0.1) is 11.3 Å². The maximum absolute atomic E-state index is 11.2. The third-order valence-corrected chi connectivity index (χ3v) is 3.76. The highest BCUT2D eigenvalue weighted by molar-refractivity contribution is 7.17. The lowest BCUT2D eigenvalue weighted by atomic mass is 10.2. The largest absolute Gasteiger partial charge is 0.491 e. The molecule has 2 rings (SSSR count). The Morgan fingerprint density at radius 1 is 1.43 bits per heavy atom. The van der Waals surface area contributed by atoms with Gasteiger partial charge in [-0.05, 0) is 26.0 Å². The first-order chi connectivity index (χ1) is 10.0. The van der Waals surface area contributed by atoms with E-state index < -0.39 is 5.97 Å². The number of carboxylic acids is 1. The topological polar surface area (TPSA) is 68.7 Å². The molecular weight excluding hydrogens is 290 g/mol. The van der Waals surface area contributed by atoms with Crippen LogP contribution in [0.15, 0.2) is 24.3 Å². The Morgan fingerprint density at radius 2 is 2.19 bits per heavy atom. The third kappa shape index (κ3) is 3.80. The van der Waals surface area contributed by atoms with Gasteiger partial charge in [0.25, 0.3) is 0 Å². The van der Waals surface area contributed by atoms with Crippen LogP contribution in [0.5, 0.6) is 5.75 Å². The molecule has 21 heavy (non-hydrogen) atoms. The number of carboxylic acid groups (broad SMARTS) is 1. The second-order valence-electron chi connectivity index (χ2n) is 4.73. The average Bonchev–Trinajstić information content (AvgIpc) is 2.83. The van der Waals surface area contributed by atoms with E-state index in [2.05, 4.69) is 4.98 Å². The summed E-state index contributed by atoms with van der Waals surface area (Å²) in [4.78, 5) is 15.8. The summed E-state index contributed by atoms with van der Waals surface area (Å²) >= 11 is 1.14. The molecule has 1 N–H and O–H groups in total. The fourth-order valence-electron chi connectivity index (χ4n) is 1.85. The van der Waals surface area contributed by atoms with Gasteiger partial charge in [-0.2, -0.15) is 0 Å². The molecule has 6 heteroatoms. The van der Waals surface area contributed by atoms with Crippen LogP contribution in [-0.2, 0) is 11.3 Å². The molecule has 0 spiro atoms. The number of rotatable bonds is 6. The molecule has 0 saturated carbocycles. The van der Waals surface area contributed by atoms with E-state index in [1.165, 1.54) is 7.11 Å². The van der Waals surface area contributed by atoms with E-state index in [1.807, 2.05) is 38.1 Å². The molecular formula is C15H17NO4S. The molecule has 112 valence electrons. The van der Waals surface area contributed by atoms with Gasteiger partial charge in [0.15, 0.2) is 0 Å². The minimum atomic E-state index is -0.986. The SMILES string of the molecule is COCc1nc(-c2cccc(OC(C)C)c2)sc1C(=O)O. The van der Waals surface area contributed by atoms with E-state index in [0.717, 1.165) is 22.6 Å². The Morgan fingerprint density at radius 3 is 2.81 bits per heavy atom. The van der Waals surface area contributed by atoms with Gasteiger partial charge in [0.2, 0.25) is 0 Å². The number of aromatic carboxylic acids is 1. The molecule has 0 saturated heterocycles. The molecule has 1 aromatic heterocycles. The van der Waals surface area contributed by atoms with E-state index in [9.17, 15) is 9.90 Å². The number of thiazole rings is 1. The van der Waals surface area contributed by atoms with Crippen molar-refractivity contribution in [1.82, 2.24) is 4.98 Å². The summed E-state index contributed by atoms with van der Waals surface area (Å²) in [6, 6.07) is 7.48. The fraction of sp³-hybridized carbons (Fsp3) is 0.333. The van der Waals surface area contributed by atoms with E-state index in [-0.39, 0.29) is 17.6 Å². The first-order valence-corrected chi connectivity index (χ1v) is 7.32. The van der Waals surface area contributed by atoms with Gasteiger partial charge in [0, 0.05) is 12.7 Å². The smallest absolute Gasteiger partial charge is 0.347 e. The van der Waals surface area contributed by atoms with Crippen molar-refractivity contribution in [2.75, 3.05) is 7.11 Å². The molecule has 1 heterocycles. The predicted octanol–water partition coefficient (Wildman–Crippen LogP) is 3.44. The number of ether oxygens (including phenoxy) is 2. The second kappa shape index (κ2) is 6.69. The van der Waals surface area contributed by atoms with E-state index in [4.69, 9.17) is 9.47 Å². The van der Waals surface area contributed by atoms with Gasteiger partial charge in [-0.1, -0.05) is 12.1 Å². The van der Waals surface area contributed by atoms with Crippen molar-refractivity contribution in [3.8, 4) is 16.3 Å². The van der Waals surface area contributed by atoms with Crippen molar-refractivity contribution >= 4 is 17.3 Å². The minimum Gasteiger partial charge on any atom is -0.491 e. The van der Waals surface area contributed by atoms with Crippen molar-refractivity contribution in [3.63, 3.8) is 0 Å². The molecule has 0 aliphatic rings. The van der Waals surface area contributed by atoms with Gasteiger partial charge in [0.1, 0.15) is 15.6 Å². The number of carbonyl (C=O) groups is 1. The van der Waals surface area contributed by atoms with Crippen molar-refractivity contribution in [2.45, 2.75) is 26.6 Å². The van der Waals surface area contributed by atoms with Crippen LogP contribution in [-0.4, -0.2) is 29.3 Å². The van der Waals surface area contributed by atoms with Crippen LogP contribution >= 0.6 is 11.3 Å². The monoisotopic (exact) mass is 307 g/mol. The molecule has 0 bridgehead atoms. The van der Waals surface area contributed by atoms with Crippen LogP contribution in [0.4, 0.5) is 0 Å². The maximum Gasteiger partial charge on any atom is 0.347 e. The normalized spacial score (nSPS) is 10.9. The summed E-state index contributed by atoms with van der Waals surface area (Å²) in [5.74, 6) is -0.247. The van der Waals surface area contributed by atoms with Gasteiger partial charge < -0.3 is 14.6 Å². The zero-order chi connectivity index (χ0) is 15.4.